The second-order valence-electron chi connectivity index (χ2n) is 5.32. The Morgan fingerprint density at radius 3 is 2.47 bits per heavy atom. The van der Waals surface area contributed by atoms with Gasteiger partial charge in [0, 0.05) is 12.5 Å². The Labute approximate surface area is 103 Å². The second kappa shape index (κ2) is 4.79. The maximum Gasteiger partial charge on any atom is 0.0633 e. The quantitative estimate of drug-likeness (QED) is 0.863. The van der Waals surface area contributed by atoms with Gasteiger partial charge in [-0.05, 0) is 37.2 Å². The molecule has 1 aromatic carbocycles. The maximum atomic E-state index is 9.48. The van der Waals surface area contributed by atoms with Gasteiger partial charge in [-0.15, -0.1) is 0 Å². The van der Waals surface area contributed by atoms with Crippen LogP contribution in [0.2, 0.25) is 0 Å². The summed E-state index contributed by atoms with van der Waals surface area (Å²) in [7, 11) is 0. The molecule has 0 amide bonds. The normalized spacial score (nSPS) is 35.4. The molecular weight excluding hydrogens is 212 g/mol. The number of fused-ring (bicyclic) bond motifs is 2. The Hall–Kier alpha value is -0.860. The average Bonchev–Trinajstić information content (AvgIpc) is 2.97. The highest BCUT2D eigenvalue weighted by atomic mass is 16.5. The fourth-order valence-electron chi connectivity index (χ4n) is 3.50. The van der Waals surface area contributed by atoms with Gasteiger partial charge in [-0.25, -0.2) is 0 Å². The number of hydrogen-bond acceptors (Lipinski definition) is 2. The van der Waals surface area contributed by atoms with E-state index in [-0.39, 0.29) is 0 Å². The number of benzene rings is 1. The first kappa shape index (κ1) is 11.2. The van der Waals surface area contributed by atoms with E-state index in [0.717, 1.165) is 19.3 Å². The summed E-state index contributed by atoms with van der Waals surface area (Å²) >= 11 is 0. The zero-order chi connectivity index (χ0) is 11.7. The van der Waals surface area contributed by atoms with Crippen molar-refractivity contribution in [2.75, 3.05) is 6.61 Å². The van der Waals surface area contributed by atoms with E-state index in [0.29, 0.717) is 30.7 Å². The maximum absolute atomic E-state index is 9.48. The summed E-state index contributed by atoms with van der Waals surface area (Å²) in [6.07, 6.45) is 5.36. The van der Waals surface area contributed by atoms with Crippen LogP contribution in [0, 0.1) is 11.8 Å². The van der Waals surface area contributed by atoms with Crippen LogP contribution >= 0.6 is 0 Å². The molecule has 0 saturated carbocycles. The van der Waals surface area contributed by atoms with Crippen molar-refractivity contribution in [1.29, 1.82) is 0 Å². The number of hydrogen-bond donors (Lipinski definition) is 1. The number of rotatable bonds is 4. The molecule has 0 aliphatic carbocycles. The van der Waals surface area contributed by atoms with Gasteiger partial charge in [0.2, 0.25) is 0 Å². The van der Waals surface area contributed by atoms with E-state index in [4.69, 9.17) is 4.74 Å². The molecule has 0 unspecified atom stereocenters. The SMILES string of the molecule is OC[C@@H]1[C@H](CCc2ccccc2)[C@@H]2CC[C@H]1O2. The summed E-state index contributed by atoms with van der Waals surface area (Å²) in [6, 6.07) is 10.6. The van der Waals surface area contributed by atoms with Gasteiger partial charge >= 0.3 is 0 Å². The van der Waals surface area contributed by atoms with Crippen LogP contribution in [0.4, 0.5) is 0 Å². The minimum absolute atomic E-state index is 0.292. The molecule has 2 heteroatoms. The highest BCUT2D eigenvalue weighted by Crippen LogP contribution is 2.45. The zero-order valence-corrected chi connectivity index (χ0v) is 10.1. The van der Waals surface area contributed by atoms with Crippen LogP contribution in [0.1, 0.15) is 24.8 Å². The Kier molecular flexibility index (Phi) is 3.17. The van der Waals surface area contributed by atoms with E-state index in [1.54, 1.807) is 0 Å². The predicted molar refractivity (Wildman–Crippen MR) is 66.7 cm³/mol. The molecule has 2 fully saturated rings. The van der Waals surface area contributed by atoms with Gasteiger partial charge < -0.3 is 9.84 Å². The van der Waals surface area contributed by atoms with E-state index in [1.807, 2.05) is 0 Å². The summed E-state index contributed by atoms with van der Waals surface area (Å²) in [5, 5.41) is 9.48. The molecule has 0 radical (unpaired) electrons. The molecule has 2 aliphatic heterocycles. The smallest absolute Gasteiger partial charge is 0.0633 e. The van der Waals surface area contributed by atoms with Crippen LogP contribution in [-0.2, 0) is 11.2 Å². The van der Waals surface area contributed by atoms with Crippen molar-refractivity contribution in [2.24, 2.45) is 11.8 Å². The molecule has 0 aromatic heterocycles. The fourth-order valence-corrected chi connectivity index (χ4v) is 3.50. The van der Waals surface area contributed by atoms with Crippen LogP contribution in [0.5, 0.6) is 0 Å². The zero-order valence-electron chi connectivity index (χ0n) is 10.1. The van der Waals surface area contributed by atoms with Gasteiger partial charge in [0.25, 0.3) is 0 Å². The predicted octanol–water partition coefficient (Wildman–Crippen LogP) is 2.41. The minimum Gasteiger partial charge on any atom is -0.396 e. The molecule has 2 heterocycles. The van der Waals surface area contributed by atoms with Crippen LogP contribution in [0.15, 0.2) is 30.3 Å². The Balaban J connectivity index is 1.62. The first-order valence-electron chi connectivity index (χ1n) is 6.68. The van der Waals surface area contributed by atoms with Gasteiger partial charge in [0.15, 0.2) is 0 Å². The Morgan fingerprint density at radius 2 is 1.76 bits per heavy atom. The molecule has 2 nitrogen and oxygen atoms in total. The lowest BCUT2D eigenvalue weighted by Crippen LogP contribution is -2.30. The van der Waals surface area contributed by atoms with Crippen molar-refractivity contribution in [3.05, 3.63) is 35.9 Å². The molecule has 17 heavy (non-hydrogen) atoms. The molecular formula is C15H20O2. The summed E-state index contributed by atoms with van der Waals surface area (Å²) in [4.78, 5) is 0. The number of ether oxygens (including phenoxy) is 1. The van der Waals surface area contributed by atoms with Gasteiger partial charge in [-0.1, -0.05) is 30.3 Å². The topological polar surface area (TPSA) is 29.5 Å². The van der Waals surface area contributed by atoms with Crippen LogP contribution in [0.25, 0.3) is 0 Å². The summed E-state index contributed by atoms with van der Waals surface area (Å²) in [5.41, 5.74) is 1.40. The third-order valence-electron chi connectivity index (χ3n) is 4.41. The number of aliphatic hydroxyl groups excluding tert-OH is 1. The molecule has 2 bridgehead atoms. The van der Waals surface area contributed by atoms with E-state index in [9.17, 15) is 5.11 Å². The van der Waals surface area contributed by atoms with E-state index in [1.165, 1.54) is 12.0 Å². The summed E-state index contributed by atoms with van der Waals surface area (Å²) < 4.78 is 5.92. The lowest BCUT2D eigenvalue weighted by molar-refractivity contribution is 0.0785. The fraction of sp³-hybridized carbons (Fsp3) is 0.600. The first-order chi connectivity index (χ1) is 8.38. The lowest BCUT2D eigenvalue weighted by atomic mass is 9.77. The monoisotopic (exact) mass is 232 g/mol. The van der Waals surface area contributed by atoms with Gasteiger partial charge in [-0.2, -0.15) is 0 Å². The van der Waals surface area contributed by atoms with Crippen molar-refractivity contribution < 1.29 is 9.84 Å². The largest absolute Gasteiger partial charge is 0.396 e. The molecule has 1 aromatic rings. The highest BCUT2D eigenvalue weighted by Gasteiger charge is 2.47. The van der Waals surface area contributed by atoms with E-state index < -0.39 is 0 Å². The van der Waals surface area contributed by atoms with Crippen molar-refractivity contribution in [2.45, 2.75) is 37.9 Å². The summed E-state index contributed by atoms with van der Waals surface area (Å²) in [5.74, 6) is 0.955. The van der Waals surface area contributed by atoms with Crippen LogP contribution in [0.3, 0.4) is 0 Å². The number of aliphatic hydroxyl groups is 1. The molecule has 3 rings (SSSR count). The molecule has 4 atom stereocenters. The van der Waals surface area contributed by atoms with Gasteiger partial charge in [0.05, 0.1) is 12.2 Å². The van der Waals surface area contributed by atoms with Gasteiger partial charge in [0.1, 0.15) is 0 Å². The number of aryl methyl sites for hydroxylation is 1. The lowest BCUT2D eigenvalue weighted by Gasteiger charge is -2.26. The van der Waals surface area contributed by atoms with Gasteiger partial charge in [-0.3, -0.25) is 0 Å². The van der Waals surface area contributed by atoms with Crippen LogP contribution < -0.4 is 0 Å². The summed E-state index contributed by atoms with van der Waals surface area (Å²) in [6.45, 7) is 0.292. The van der Waals surface area contributed by atoms with Crippen LogP contribution in [-0.4, -0.2) is 23.9 Å². The molecule has 0 spiro atoms. The molecule has 2 aliphatic rings. The van der Waals surface area contributed by atoms with E-state index in [2.05, 4.69) is 30.3 Å². The standard InChI is InChI=1S/C15H20O2/c16-10-13-12(14-8-9-15(13)17-14)7-6-11-4-2-1-3-5-11/h1-5,12-16H,6-10H2/t12-,13+,14-,15+/m0/s1. The first-order valence-corrected chi connectivity index (χ1v) is 6.68. The second-order valence-corrected chi connectivity index (χ2v) is 5.32. The molecule has 1 N–H and O–H groups in total. The Bertz CT molecular complexity index is 362. The highest BCUT2D eigenvalue weighted by molar-refractivity contribution is 5.15. The molecule has 2 saturated heterocycles. The third-order valence-corrected chi connectivity index (χ3v) is 4.41. The van der Waals surface area contributed by atoms with Crippen molar-refractivity contribution >= 4 is 0 Å². The minimum atomic E-state index is 0.292. The third kappa shape index (κ3) is 2.12. The van der Waals surface area contributed by atoms with E-state index >= 15 is 0 Å². The van der Waals surface area contributed by atoms with Crippen molar-refractivity contribution in [3.8, 4) is 0 Å². The Morgan fingerprint density at radius 1 is 1.06 bits per heavy atom. The van der Waals surface area contributed by atoms with Crippen molar-refractivity contribution in [3.63, 3.8) is 0 Å². The molecule has 92 valence electrons. The van der Waals surface area contributed by atoms with Crippen molar-refractivity contribution in [1.82, 2.24) is 0 Å². The average molecular weight is 232 g/mol.